The number of ether oxygens (including phenoxy) is 1. The summed E-state index contributed by atoms with van der Waals surface area (Å²) in [6, 6.07) is 5.91. The third-order valence-corrected chi connectivity index (χ3v) is 4.54. The van der Waals surface area contributed by atoms with Crippen LogP contribution in [0.4, 0.5) is 0 Å². The van der Waals surface area contributed by atoms with Gasteiger partial charge in [0, 0.05) is 18.7 Å². The van der Waals surface area contributed by atoms with Crippen LogP contribution in [0.1, 0.15) is 30.1 Å². The average molecular weight is 283 g/mol. The van der Waals surface area contributed by atoms with Gasteiger partial charge in [0.2, 0.25) is 10.0 Å². The predicted molar refractivity (Wildman–Crippen MR) is 70.6 cm³/mol. The van der Waals surface area contributed by atoms with Crippen LogP contribution in [-0.4, -0.2) is 33.5 Å². The second-order valence-corrected chi connectivity index (χ2v) is 6.33. The van der Waals surface area contributed by atoms with Gasteiger partial charge in [-0.1, -0.05) is 12.1 Å². The van der Waals surface area contributed by atoms with E-state index in [4.69, 9.17) is 4.74 Å². The van der Waals surface area contributed by atoms with Crippen molar-refractivity contribution in [2.24, 2.45) is 0 Å². The zero-order valence-electron chi connectivity index (χ0n) is 10.8. The van der Waals surface area contributed by atoms with Gasteiger partial charge in [-0.05, 0) is 31.9 Å². The number of carbonyl (C=O) groups is 1. The summed E-state index contributed by atoms with van der Waals surface area (Å²) in [5, 5.41) is 0. The van der Waals surface area contributed by atoms with Crippen molar-refractivity contribution in [2.75, 3.05) is 13.2 Å². The highest BCUT2D eigenvalue weighted by molar-refractivity contribution is 7.89. The van der Waals surface area contributed by atoms with Crippen molar-refractivity contribution in [3.63, 3.8) is 0 Å². The highest BCUT2D eigenvalue weighted by atomic mass is 32.2. The number of sulfonamides is 1. The Kier molecular flexibility index (Phi) is 4.34. The summed E-state index contributed by atoms with van der Waals surface area (Å²) in [6.07, 6.45) is 1.82. The molecule has 0 radical (unpaired) electrons. The van der Waals surface area contributed by atoms with Crippen molar-refractivity contribution in [3.05, 3.63) is 29.8 Å². The molecule has 19 heavy (non-hydrogen) atoms. The normalized spacial score (nSPS) is 19.5. The molecule has 0 amide bonds. The topological polar surface area (TPSA) is 72.5 Å². The Morgan fingerprint density at radius 2 is 2.05 bits per heavy atom. The Balaban J connectivity index is 2.03. The lowest BCUT2D eigenvalue weighted by Crippen LogP contribution is -2.31. The predicted octanol–water partition coefficient (Wildman–Crippen LogP) is 1.35. The maximum atomic E-state index is 12.0. The second kappa shape index (κ2) is 5.81. The summed E-state index contributed by atoms with van der Waals surface area (Å²) in [5.41, 5.74) is 0.498. The lowest BCUT2D eigenvalue weighted by Gasteiger charge is -2.11. The number of rotatable bonds is 5. The van der Waals surface area contributed by atoms with Crippen LogP contribution in [-0.2, 0) is 14.8 Å². The van der Waals surface area contributed by atoms with E-state index in [1.54, 1.807) is 0 Å². The molecule has 2 rings (SSSR count). The van der Waals surface area contributed by atoms with Gasteiger partial charge >= 0.3 is 0 Å². The van der Waals surface area contributed by atoms with E-state index in [9.17, 15) is 13.2 Å². The molecule has 6 heteroatoms. The van der Waals surface area contributed by atoms with Crippen LogP contribution in [0, 0.1) is 0 Å². The summed E-state index contributed by atoms with van der Waals surface area (Å²) in [5.74, 6) is -0.0868. The molecule has 1 heterocycles. The molecule has 0 spiro atoms. The van der Waals surface area contributed by atoms with Gasteiger partial charge in [0.05, 0.1) is 11.0 Å². The molecule has 1 aliphatic heterocycles. The maximum absolute atomic E-state index is 12.0. The van der Waals surface area contributed by atoms with Crippen LogP contribution in [0.15, 0.2) is 29.2 Å². The first-order valence-electron chi connectivity index (χ1n) is 6.21. The highest BCUT2D eigenvalue weighted by Crippen LogP contribution is 2.14. The van der Waals surface area contributed by atoms with E-state index in [-0.39, 0.29) is 23.3 Å². The fourth-order valence-electron chi connectivity index (χ4n) is 1.96. The number of carbonyl (C=O) groups excluding carboxylic acids is 1. The van der Waals surface area contributed by atoms with E-state index < -0.39 is 10.0 Å². The molecule has 1 unspecified atom stereocenters. The zero-order chi connectivity index (χ0) is 13.9. The number of benzene rings is 1. The van der Waals surface area contributed by atoms with E-state index in [2.05, 4.69) is 4.72 Å². The molecule has 0 aromatic heterocycles. The molecular weight excluding hydrogens is 266 g/mol. The average Bonchev–Trinajstić information content (AvgIpc) is 2.90. The third kappa shape index (κ3) is 3.62. The standard InChI is InChI=1S/C13H17NO4S/c1-10(15)11-4-6-13(7-5-11)19(16,17)14-9-12-3-2-8-18-12/h4-7,12,14H,2-3,8-9H2,1H3. The smallest absolute Gasteiger partial charge is 0.240 e. The molecule has 0 aliphatic carbocycles. The summed E-state index contributed by atoms with van der Waals surface area (Å²) >= 11 is 0. The fraction of sp³-hybridized carbons (Fsp3) is 0.462. The van der Waals surface area contributed by atoms with Gasteiger partial charge in [-0.25, -0.2) is 13.1 Å². The van der Waals surface area contributed by atoms with Gasteiger partial charge in [0.15, 0.2) is 5.78 Å². The van der Waals surface area contributed by atoms with Gasteiger partial charge in [-0.15, -0.1) is 0 Å². The molecular formula is C13H17NO4S. The largest absolute Gasteiger partial charge is 0.377 e. The monoisotopic (exact) mass is 283 g/mol. The molecule has 1 atom stereocenters. The van der Waals surface area contributed by atoms with Gasteiger partial charge in [-0.2, -0.15) is 0 Å². The van der Waals surface area contributed by atoms with Crippen molar-refractivity contribution >= 4 is 15.8 Å². The Morgan fingerprint density at radius 1 is 1.37 bits per heavy atom. The van der Waals surface area contributed by atoms with E-state index in [1.165, 1.54) is 31.2 Å². The Bertz CT molecular complexity index is 545. The summed E-state index contributed by atoms with van der Waals surface area (Å²) in [4.78, 5) is 11.3. The van der Waals surface area contributed by atoms with Crippen LogP contribution >= 0.6 is 0 Å². The van der Waals surface area contributed by atoms with Gasteiger partial charge in [0.25, 0.3) is 0 Å². The lowest BCUT2D eigenvalue weighted by atomic mass is 10.2. The molecule has 1 N–H and O–H groups in total. The second-order valence-electron chi connectivity index (χ2n) is 4.57. The maximum Gasteiger partial charge on any atom is 0.240 e. The van der Waals surface area contributed by atoms with E-state index in [1.807, 2.05) is 0 Å². The Hall–Kier alpha value is -1.24. The Labute approximate surface area is 113 Å². The molecule has 1 fully saturated rings. The first-order valence-corrected chi connectivity index (χ1v) is 7.69. The highest BCUT2D eigenvalue weighted by Gasteiger charge is 2.20. The minimum absolute atomic E-state index is 0.0359. The lowest BCUT2D eigenvalue weighted by molar-refractivity contribution is 0.101. The summed E-state index contributed by atoms with van der Waals surface area (Å²) in [7, 11) is -3.53. The van der Waals surface area contributed by atoms with Crippen molar-refractivity contribution in [1.29, 1.82) is 0 Å². The van der Waals surface area contributed by atoms with E-state index in [0.717, 1.165) is 12.8 Å². The van der Waals surface area contributed by atoms with Crippen molar-refractivity contribution < 1.29 is 17.9 Å². The van der Waals surface area contributed by atoms with Gasteiger partial charge < -0.3 is 4.74 Å². The molecule has 0 saturated carbocycles. The fourth-order valence-corrected chi connectivity index (χ4v) is 3.03. The van der Waals surface area contributed by atoms with E-state index >= 15 is 0 Å². The Morgan fingerprint density at radius 3 is 2.58 bits per heavy atom. The summed E-state index contributed by atoms with van der Waals surface area (Å²) < 4.78 is 31.9. The molecule has 1 saturated heterocycles. The van der Waals surface area contributed by atoms with Gasteiger partial charge in [-0.3, -0.25) is 4.79 Å². The number of nitrogens with one attached hydrogen (secondary N) is 1. The number of ketones is 1. The van der Waals surface area contributed by atoms with Crippen LogP contribution in [0.2, 0.25) is 0 Å². The van der Waals surface area contributed by atoms with Crippen LogP contribution in [0.5, 0.6) is 0 Å². The van der Waals surface area contributed by atoms with Gasteiger partial charge in [0.1, 0.15) is 0 Å². The molecule has 0 bridgehead atoms. The minimum Gasteiger partial charge on any atom is -0.377 e. The van der Waals surface area contributed by atoms with Crippen molar-refractivity contribution in [3.8, 4) is 0 Å². The number of Topliss-reactive ketones (excluding diaryl/α,β-unsaturated/α-hetero) is 1. The van der Waals surface area contributed by atoms with Crippen molar-refractivity contribution in [1.82, 2.24) is 4.72 Å². The minimum atomic E-state index is -3.53. The van der Waals surface area contributed by atoms with E-state index in [0.29, 0.717) is 12.2 Å². The number of hydrogen-bond acceptors (Lipinski definition) is 4. The molecule has 1 aromatic carbocycles. The third-order valence-electron chi connectivity index (χ3n) is 3.10. The van der Waals surface area contributed by atoms with Crippen LogP contribution < -0.4 is 4.72 Å². The first-order chi connectivity index (χ1) is 8.99. The van der Waals surface area contributed by atoms with Crippen LogP contribution in [0.3, 0.4) is 0 Å². The zero-order valence-corrected chi connectivity index (χ0v) is 11.6. The molecule has 1 aliphatic rings. The quantitative estimate of drug-likeness (QED) is 0.828. The number of hydrogen-bond donors (Lipinski definition) is 1. The molecule has 1 aromatic rings. The SMILES string of the molecule is CC(=O)c1ccc(S(=O)(=O)NCC2CCCO2)cc1. The first kappa shape index (κ1) is 14.2. The van der Waals surface area contributed by atoms with Crippen LogP contribution in [0.25, 0.3) is 0 Å². The summed E-state index contributed by atoms with van der Waals surface area (Å²) in [6.45, 7) is 2.43. The van der Waals surface area contributed by atoms with Crippen molar-refractivity contribution in [2.45, 2.75) is 30.8 Å². The molecule has 5 nitrogen and oxygen atoms in total. The molecule has 104 valence electrons.